The molecule has 1 atom stereocenters. The topological polar surface area (TPSA) is 76.4 Å². The van der Waals surface area contributed by atoms with Gasteiger partial charge in [0.05, 0.1) is 12.3 Å². The summed E-state index contributed by atoms with van der Waals surface area (Å²) in [6.07, 6.45) is 1.23. The molecule has 1 heterocycles. The third-order valence-corrected chi connectivity index (χ3v) is 4.44. The van der Waals surface area contributed by atoms with Crippen LogP contribution in [-0.4, -0.2) is 69.2 Å². The van der Waals surface area contributed by atoms with Crippen molar-refractivity contribution in [2.45, 2.75) is 12.5 Å². The molecule has 0 aromatic carbocycles. The van der Waals surface area contributed by atoms with E-state index in [0.29, 0.717) is 32.7 Å². The Morgan fingerprint density at radius 1 is 1.35 bits per heavy atom. The summed E-state index contributed by atoms with van der Waals surface area (Å²) in [7, 11) is -1.32. The zero-order valence-electron chi connectivity index (χ0n) is 10.6. The highest BCUT2D eigenvalue weighted by molar-refractivity contribution is 7.88. The molecule has 6 nitrogen and oxygen atoms in total. The normalized spacial score (nSPS) is 22.9. The fourth-order valence-corrected chi connectivity index (χ4v) is 2.66. The minimum atomic E-state index is -3.08. The zero-order valence-corrected chi connectivity index (χ0v) is 11.4. The lowest BCUT2D eigenvalue weighted by atomic mass is 10.0. The zero-order chi connectivity index (χ0) is 13.1. The van der Waals surface area contributed by atoms with Gasteiger partial charge in [0.1, 0.15) is 5.54 Å². The van der Waals surface area contributed by atoms with Crippen molar-refractivity contribution in [2.24, 2.45) is 0 Å². The molecule has 17 heavy (non-hydrogen) atoms. The van der Waals surface area contributed by atoms with Gasteiger partial charge in [0.25, 0.3) is 0 Å². The number of nitriles is 1. The lowest BCUT2D eigenvalue weighted by molar-refractivity contribution is 0.163. The summed E-state index contributed by atoms with van der Waals surface area (Å²) in [4.78, 5) is 2.11. The Labute approximate surface area is 103 Å². The van der Waals surface area contributed by atoms with Crippen molar-refractivity contribution in [1.82, 2.24) is 14.5 Å². The highest BCUT2D eigenvalue weighted by Crippen LogP contribution is 2.10. The quantitative estimate of drug-likeness (QED) is 0.706. The molecule has 98 valence electrons. The minimum Gasteiger partial charge on any atom is -0.302 e. The fourth-order valence-electron chi connectivity index (χ4n) is 1.84. The van der Waals surface area contributed by atoms with E-state index in [9.17, 15) is 8.42 Å². The molecule has 1 unspecified atom stereocenters. The molecule has 1 aliphatic heterocycles. The molecular formula is C10H20N4O2S. The molecule has 1 N–H and O–H groups in total. The van der Waals surface area contributed by atoms with Gasteiger partial charge in [-0.05, 0) is 14.0 Å². The first kappa shape index (κ1) is 14.4. The number of sulfonamides is 1. The first-order valence-corrected chi connectivity index (χ1v) is 7.43. The van der Waals surface area contributed by atoms with E-state index in [1.165, 1.54) is 10.6 Å². The third kappa shape index (κ3) is 3.92. The van der Waals surface area contributed by atoms with Crippen molar-refractivity contribution in [3.63, 3.8) is 0 Å². The third-order valence-electron chi connectivity index (χ3n) is 3.14. The summed E-state index contributed by atoms with van der Waals surface area (Å²) in [6.45, 7) is 4.81. The summed E-state index contributed by atoms with van der Waals surface area (Å²) >= 11 is 0. The van der Waals surface area contributed by atoms with Crippen LogP contribution in [-0.2, 0) is 10.0 Å². The average molecular weight is 260 g/mol. The second kappa shape index (κ2) is 5.31. The van der Waals surface area contributed by atoms with Gasteiger partial charge in [0, 0.05) is 32.7 Å². The summed E-state index contributed by atoms with van der Waals surface area (Å²) in [5, 5.41) is 12.0. The minimum absolute atomic E-state index is 0.504. The van der Waals surface area contributed by atoms with E-state index in [1.807, 2.05) is 6.92 Å². The number of hydrogen-bond donors (Lipinski definition) is 1. The summed E-state index contributed by atoms with van der Waals surface area (Å²) in [5.41, 5.74) is -0.576. The van der Waals surface area contributed by atoms with Crippen molar-refractivity contribution in [1.29, 1.82) is 5.26 Å². The van der Waals surface area contributed by atoms with Gasteiger partial charge in [0.2, 0.25) is 10.0 Å². The molecule has 0 aromatic rings. The van der Waals surface area contributed by atoms with Gasteiger partial charge in [-0.15, -0.1) is 0 Å². The van der Waals surface area contributed by atoms with Gasteiger partial charge < -0.3 is 5.32 Å². The molecule has 0 saturated carbocycles. The predicted molar refractivity (Wildman–Crippen MR) is 65.9 cm³/mol. The Hall–Kier alpha value is -0.680. The van der Waals surface area contributed by atoms with Crippen molar-refractivity contribution >= 4 is 10.0 Å². The highest BCUT2D eigenvalue weighted by Gasteiger charge is 2.29. The molecule has 7 heteroatoms. The number of nitrogens with zero attached hydrogens (tertiary/aromatic N) is 3. The molecule has 1 rings (SSSR count). The number of nitrogens with one attached hydrogen (secondary N) is 1. The first-order chi connectivity index (χ1) is 7.80. The van der Waals surface area contributed by atoms with Crippen LogP contribution in [0.25, 0.3) is 0 Å². The Kier molecular flexibility index (Phi) is 4.49. The summed E-state index contributed by atoms with van der Waals surface area (Å²) in [6, 6.07) is 2.23. The van der Waals surface area contributed by atoms with Crippen LogP contribution in [0, 0.1) is 11.3 Å². The maximum absolute atomic E-state index is 11.3. The van der Waals surface area contributed by atoms with Crippen LogP contribution in [0.2, 0.25) is 0 Å². The van der Waals surface area contributed by atoms with Gasteiger partial charge >= 0.3 is 0 Å². The maximum Gasteiger partial charge on any atom is 0.211 e. The number of rotatable bonds is 4. The Morgan fingerprint density at radius 2 is 1.88 bits per heavy atom. The fraction of sp³-hybridized carbons (Fsp3) is 0.900. The first-order valence-electron chi connectivity index (χ1n) is 5.58. The van der Waals surface area contributed by atoms with Crippen LogP contribution in [0.1, 0.15) is 6.92 Å². The van der Waals surface area contributed by atoms with Crippen molar-refractivity contribution in [3.8, 4) is 6.07 Å². The Morgan fingerprint density at radius 3 is 2.24 bits per heavy atom. The Balaban J connectivity index is 2.52. The van der Waals surface area contributed by atoms with Crippen LogP contribution in [0.5, 0.6) is 0 Å². The number of piperazine rings is 1. The molecule has 0 bridgehead atoms. The molecule has 0 radical (unpaired) electrons. The Bertz CT molecular complexity index is 395. The highest BCUT2D eigenvalue weighted by atomic mass is 32.2. The molecule has 0 amide bonds. The molecule has 0 aliphatic carbocycles. The van der Waals surface area contributed by atoms with Crippen LogP contribution in [0.4, 0.5) is 0 Å². The van der Waals surface area contributed by atoms with Crippen LogP contribution >= 0.6 is 0 Å². The van der Waals surface area contributed by atoms with E-state index in [-0.39, 0.29) is 0 Å². The van der Waals surface area contributed by atoms with E-state index in [1.54, 1.807) is 7.05 Å². The SMILES string of the molecule is CNC(C)(C#N)CN1CCN(S(C)(=O)=O)CC1. The molecule has 1 fully saturated rings. The molecular weight excluding hydrogens is 240 g/mol. The molecule has 0 aromatic heterocycles. The molecule has 1 saturated heterocycles. The lowest BCUT2D eigenvalue weighted by Gasteiger charge is -2.36. The number of likely N-dealkylation sites (N-methyl/N-ethyl adjacent to an activating group) is 1. The lowest BCUT2D eigenvalue weighted by Crippen LogP contribution is -2.55. The van der Waals surface area contributed by atoms with Crippen molar-refractivity contribution in [3.05, 3.63) is 0 Å². The second-order valence-corrected chi connectivity index (χ2v) is 6.61. The smallest absolute Gasteiger partial charge is 0.211 e. The molecule has 1 aliphatic rings. The van der Waals surface area contributed by atoms with E-state index in [2.05, 4.69) is 16.3 Å². The maximum atomic E-state index is 11.3. The largest absolute Gasteiger partial charge is 0.302 e. The van der Waals surface area contributed by atoms with Gasteiger partial charge in [-0.3, -0.25) is 4.90 Å². The van der Waals surface area contributed by atoms with Gasteiger partial charge in [-0.1, -0.05) is 0 Å². The van der Waals surface area contributed by atoms with Crippen LogP contribution in [0.3, 0.4) is 0 Å². The van der Waals surface area contributed by atoms with E-state index in [0.717, 1.165) is 0 Å². The average Bonchev–Trinajstić information content (AvgIpc) is 2.28. The van der Waals surface area contributed by atoms with Crippen molar-refractivity contribution in [2.75, 3.05) is 46.0 Å². The summed E-state index contributed by atoms with van der Waals surface area (Å²) < 4.78 is 24.1. The van der Waals surface area contributed by atoms with Gasteiger partial charge in [-0.25, -0.2) is 8.42 Å². The number of hydrogen-bond acceptors (Lipinski definition) is 5. The molecule has 0 spiro atoms. The standard InChI is InChI=1S/C10H20N4O2S/c1-10(8-11,12-2)9-13-4-6-14(7-5-13)17(3,15)16/h12H,4-7,9H2,1-3H3. The van der Waals surface area contributed by atoms with Gasteiger partial charge in [-0.2, -0.15) is 9.57 Å². The second-order valence-electron chi connectivity index (χ2n) is 4.63. The van der Waals surface area contributed by atoms with E-state index >= 15 is 0 Å². The van der Waals surface area contributed by atoms with Crippen LogP contribution < -0.4 is 5.32 Å². The van der Waals surface area contributed by atoms with E-state index in [4.69, 9.17) is 5.26 Å². The monoisotopic (exact) mass is 260 g/mol. The van der Waals surface area contributed by atoms with Crippen molar-refractivity contribution < 1.29 is 8.42 Å². The van der Waals surface area contributed by atoms with E-state index < -0.39 is 15.6 Å². The van der Waals surface area contributed by atoms with Gasteiger partial charge in [0.15, 0.2) is 0 Å². The van der Waals surface area contributed by atoms with Crippen LogP contribution in [0.15, 0.2) is 0 Å². The predicted octanol–water partition coefficient (Wildman–Crippen LogP) is -0.935. The summed E-state index contributed by atoms with van der Waals surface area (Å²) in [5.74, 6) is 0.